The number of nitrogens with zero attached hydrogens (tertiary/aromatic N) is 1. The van der Waals surface area contributed by atoms with Gasteiger partial charge >= 0.3 is 6.18 Å². The lowest BCUT2D eigenvalue weighted by atomic mass is 9.92. The molecule has 1 aromatic carbocycles. The second-order valence-electron chi connectivity index (χ2n) is 2.78. The van der Waals surface area contributed by atoms with Gasteiger partial charge in [0.15, 0.2) is 0 Å². The van der Waals surface area contributed by atoms with Crippen molar-refractivity contribution in [2.75, 3.05) is 0 Å². The molecule has 1 atom stereocenters. The molecule has 0 aromatic heterocycles. The van der Waals surface area contributed by atoms with Gasteiger partial charge in [-0.3, -0.25) is 0 Å². The average molecular weight is 200 g/mol. The van der Waals surface area contributed by atoms with E-state index < -0.39 is 11.7 Å². The summed E-state index contributed by atoms with van der Waals surface area (Å²) in [5.74, 6) is 0. The standard InChI is InChI=1S/C9H7F3N2/c10-9(11,12)8(14,6-13)7-4-2-1-3-5-7/h1-5H,14H2. The van der Waals surface area contributed by atoms with E-state index in [1.807, 2.05) is 0 Å². The molecule has 1 unspecified atom stereocenters. The third kappa shape index (κ3) is 1.56. The van der Waals surface area contributed by atoms with Gasteiger partial charge in [0, 0.05) is 0 Å². The predicted molar refractivity (Wildman–Crippen MR) is 44.0 cm³/mol. The van der Waals surface area contributed by atoms with Gasteiger partial charge in [-0.05, 0) is 5.56 Å². The minimum Gasteiger partial charge on any atom is -0.302 e. The van der Waals surface area contributed by atoms with Crippen molar-refractivity contribution < 1.29 is 13.2 Å². The molecule has 0 aliphatic rings. The highest BCUT2D eigenvalue weighted by Gasteiger charge is 2.54. The van der Waals surface area contributed by atoms with E-state index in [2.05, 4.69) is 0 Å². The molecule has 2 nitrogen and oxygen atoms in total. The lowest BCUT2D eigenvalue weighted by molar-refractivity contribution is -0.172. The summed E-state index contributed by atoms with van der Waals surface area (Å²) in [7, 11) is 0. The second kappa shape index (κ2) is 3.31. The Labute approximate surface area is 78.8 Å². The Morgan fingerprint density at radius 1 is 1.14 bits per heavy atom. The Bertz CT molecular complexity index is 353. The highest BCUT2D eigenvalue weighted by molar-refractivity contribution is 5.32. The summed E-state index contributed by atoms with van der Waals surface area (Å²) in [6.45, 7) is 0. The Hall–Kier alpha value is -1.54. The van der Waals surface area contributed by atoms with E-state index >= 15 is 0 Å². The number of hydrogen-bond donors (Lipinski definition) is 1. The van der Waals surface area contributed by atoms with Crippen LogP contribution in [0.5, 0.6) is 0 Å². The van der Waals surface area contributed by atoms with Gasteiger partial charge in [0.1, 0.15) is 0 Å². The van der Waals surface area contributed by atoms with Crippen molar-refractivity contribution in [2.45, 2.75) is 11.7 Å². The maximum atomic E-state index is 12.4. The Kier molecular flexibility index (Phi) is 2.49. The maximum absolute atomic E-state index is 12.4. The summed E-state index contributed by atoms with van der Waals surface area (Å²) in [6, 6.07) is 7.80. The predicted octanol–water partition coefficient (Wildman–Crippen LogP) is 1.93. The van der Waals surface area contributed by atoms with E-state index in [1.54, 1.807) is 6.07 Å². The van der Waals surface area contributed by atoms with Crippen molar-refractivity contribution in [3.63, 3.8) is 0 Å². The first-order valence-electron chi connectivity index (χ1n) is 3.74. The van der Waals surface area contributed by atoms with Gasteiger partial charge in [-0.15, -0.1) is 0 Å². The number of nitriles is 1. The van der Waals surface area contributed by atoms with Crippen molar-refractivity contribution in [3.05, 3.63) is 35.9 Å². The molecule has 1 aromatic rings. The molecule has 0 saturated heterocycles. The molecule has 74 valence electrons. The van der Waals surface area contributed by atoms with Crippen molar-refractivity contribution in [1.29, 1.82) is 5.26 Å². The molecule has 0 aliphatic heterocycles. The van der Waals surface area contributed by atoms with E-state index in [9.17, 15) is 13.2 Å². The third-order valence-electron chi connectivity index (χ3n) is 1.85. The largest absolute Gasteiger partial charge is 0.424 e. The number of rotatable bonds is 1. The zero-order chi connectivity index (χ0) is 10.8. The lowest BCUT2D eigenvalue weighted by Crippen LogP contribution is -2.49. The van der Waals surface area contributed by atoms with Crippen LogP contribution in [0.25, 0.3) is 0 Å². The molecule has 0 aliphatic carbocycles. The van der Waals surface area contributed by atoms with E-state index in [-0.39, 0.29) is 5.56 Å². The molecule has 2 N–H and O–H groups in total. The summed E-state index contributed by atoms with van der Waals surface area (Å²) in [4.78, 5) is 0. The average Bonchev–Trinajstić information content (AvgIpc) is 2.16. The number of nitrogens with two attached hydrogens (primary N) is 1. The molecule has 0 heterocycles. The molecule has 0 saturated carbocycles. The molecule has 5 heteroatoms. The maximum Gasteiger partial charge on any atom is 0.424 e. The minimum atomic E-state index is -4.77. The number of alkyl halides is 3. The smallest absolute Gasteiger partial charge is 0.302 e. The van der Waals surface area contributed by atoms with Gasteiger partial charge in [0.25, 0.3) is 0 Å². The Balaban J connectivity index is 3.25. The summed E-state index contributed by atoms with van der Waals surface area (Å²) in [6.07, 6.45) is -4.77. The monoisotopic (exact) mass is 200 g/mol. The van der Waals surface area contributed by atoms with E-state index in [1.165, 1.54) is 24.3 Å². The van der Waals surface area contributed by atoms with Crippen LogP contribution in [-0.4, -0.2) is 6.18 Å². The Morgan fingerprint density at radius 2 is 1.64 bits per heavy atom. The SMILES string of the molecule is N#CC(N)(c1ccccc1)C(F)(F)F. The first-order chi connectivity index (χ1) is 6.42. The van der Waals surface area contributed by atoms with Crippen LogP contribution in [0.15, 0.2) is 30.3 Å². The first-order valence-corrected chi connectivity index (χ1v) is 3.74. The van der Waals surface area contributed by atoms with Crippen LogP contribution < -0.4 is 5.73 Å². The van der Waals surface area contributed by atoms with Crippen LogP contribution in [0.2, 0.25) is 0 Å². The van der Waals surface area contributed by atoms with Gasteiger partial charge in [0.2, 0.25) is 5.54 Å². The fraction of sp³-hybridized carbons (Fsp3) is 0.222. The third-order valence-corrected chi connectivity index (χ3v) is 1.85. The van der Waals surface area contributed by atoms with Crippen LogP contribution in [0.4, 0.5) is 13.2 Å². The fourth-order valence-electron chi connectivity index (χ4n) is 0.993. The highest BCUT2D eigenvalue weighted by atomic mass is 19.4. The van der Waals surface area contributed by atoms with Crippen molar-refractivity contribution in [1.82, 2.24) is 0 Å². The lowest BCUT2D eigenvalue weighted by Gasteiger charge is -2.24. The zero-order valence-corrected chi connectivity index (χ0v) is 7.05. The van der Waals surface area contributed by atoms with E-state index in [0.29, 0.717) is 0 Å². The Morgan fingerprint density at radius 3 is 2.00 bits per heavy atom. The molecule has 0 amide bonds. The summed E-state index contributed by atoms with van der Waals surface area (Å²) in [5, 5.41) is 8.48. The van der Waals surface area contributed by atoms with Crippen molar-refractivity contribution in [2.24, 2.45) is 5.73 Å². The summed E-state index contributed by atoms with van der Waals surface area (Å²) >= 11 is 0. The van der Waals surface area contributed by atoms with Gasteiger partial charge in [-0.25, -0.2) is 0 Å². The zero-order valence-electron chi connectivity index (χ0n) is 7.05. The van der Waals surface area contributed by atoms with Crippen LogP contribution in [0, 0.1) is 11.3 Å². The number of hydrogen-bond acceptors (Lipinski definition) is 2. The number of halogens is 3. The van der Waals surface area contributed by atoms with Gasteiger partial charge < -0.3 is 5.73 Å². The minimum absolute atomic E-state index is 0.255. The molecule has 0 spiro atoms. The normalized spacial score (nSPS) is 15.6. The van der Waals surface area contributed by atoms with Crippen LogP contribution in [-0.2, 0) is 5.54 Å². The topological polar surface area (TPSA) is 49.8 Å². The van der Waals surface area contributed by atoms with E-state index in [4.69, 9.17) is 11.0 Å². The molecular weight excluding hydrogens is 193 g/mol. The first kappa shape index (κ1) is 10.5. The quantitative estimate of drug-likeness (QED) is 0.752. The summed E-state index contributed by atoms with van der Waals surface area (Å²) in [5.41, 5.74) is 1.83. The molecule has 0 bridgehead atoms. The molecular formula is C9H7F3N2. The second-order valence-corrected chi connectivity index (χ2v) is 2.78. The fourth-order valence-corrected chi connectivity index (χ4v) is 0.993. The van der Waals surface area contributed by atoms with Gasteiger partial charge in [-0.1, -0.05) is 30.3 Å². The van der Waals surface area contributed by atoms with Crippen LogP contribution in [0.1, 0.15) is 5.56 Å². The van der Waals surface area contributed by atoms with Crippen LogP contribution >= 0.6 is 0 Å². The van der Waals surface area contributed by atoms with Crippen molar-refractivity contribution >= 4 is 0 Å². The molecule has 0 fully saturated rings. The van der Waals surface area contributed by atoms with Crippen molar-refractivity contribution in [3.8, 4) is 6.07 Å². The summed E-state index contributed by atoms with van der Waals surface area (Å²) < 4.78 is 37.3. The van der Waals surface area contributed by atoms with Gasteiger partial charge in [0.05, 0.1) is 6.07 Å². The molecule has 1 rings (SSSR count). The highest BCUT2D eigenvalue weighted by Crippen LogP contribution is 2.35. The number of benzene rings is 1. The van der Waals surface area contributed by atoms with Crippen LogP contribution in [0.3, 0.4) is 0 Å². The molecule has 14 heavy (non-hydrogen) atoms. The van der Waals surface area contributed by atoms with E-state index in [0.717, 1.165) is 6.07 Å². The van der Waals surface area contributed by atoms with Gasteiger partial charge in [-0.2, -0.15) is 18.4 Å². The molecule has 0 radical (unpaired) electrons.